The van der Waals surface area contributed by atoms with Crippen LogP contribution in [0.25, 0.3) is 0 Å². The fourth-order valence-corrected chi connectivity index (χ4v) is 0. The Hall–Kier alpha value is 0.570. The molecule has 6 heavy (non-hydrogen) atoms. The smallest absolute Gasteiger partial charge is 0.0306 e. The van der Waals surface area contributed by atoms with Gasteiger partial charge in [0.05, 0.1) is 0 Å². The third kappa shape index (κ3) is 179. The van der Waals surface area contributed by atoms with Crippen LogP contribution in [0.15, 0.2) is 0 Å². The van der Waals surface area contributed by atoms with Crippen LogP contribution in [0.4, 0.5) is 0 Å². The zero-order valence-electron chi connectivity index (χ0n) is 4.56. The summed E-state index contributed by atoms with van der Waals surface area (Å²) < 4.78 is 0. The summed E-state index contributed by atoms with van der Waals surface area (Å²) >= 11 is 4.28. The van der Waals surface area contributed by atoms with E-state index in [-0.39, 0.29) is 0 Å². The summed E-state index contributed by atoms with van der Waals surface area (Å²) in [6.45, 7) is 0. The Morgan fingerprint density at radius 2 is 1.33 bits per heavy atom. The van der Waals surface area contributed by atoms with Crippen molar-refractivity contribution in [2.24, 2.45) is 0 Å². The standard InChI is InChI=1S/C4H12S2/c1-6(2,3,4)5/h5H,1H2,2-4H3. The van der Waals surface area contributed by atoms with Crippen molar-refractivity contribution in [3.63, 3.8) is 0 Å². The lowest BCUT2D eigenvalue weighted by molar-refractivity contribution is 2.16. The van der Waals surface area contributed by atoms with Crippen LogP contribution in [0, 0.1) is 0 Å². The molecule has 0 aromatic heterocycles. The van der Waals surface area contributed by atoms with Gasteiger partial charge in [0, 0.05) is 0 Å². The van der Waals surface area contributed by atoms with Gasteiger partial charge in [0.25, 0.3) is 0 Å². The first-order valence-corrected chi connectivity index (χ1v) is 6.18. The highest BCUT2D eigenvalue weighted by atomic mass is 33.2. The fourth-order valence-electron chi connectivity index (χ4n) is 0. The summed E-state index contributed by atoms with van der Waals surface area (Å²) in [5, 5.41) is 0. The SMILES string of the molecule is C=S(C)(C)(C)S. The van der Waals surface area contributed by atoms with Gasteiger partial charge in [0.1, 0.15) is 0 Å². The van der Waals surface area contributed by atoms with Gasteiger partial charge in [0.2, 0.25) is 0 Å². The zero-order valence-corrected chi connectivity index (χ0v) is 6.27. The second-order valence-electron chi connectivity index (χ2n) is 2.77. The lowest BCUT2D eigenvalue weighted by Gasteiger charge is -2.26. The maximum Gasteiger partial charge on any atom is -0.0306 e. The van der Waals surface area contributed by atoms with Crippen molar-refractivity contribution in [2.45, 2.75) is 0 Å². The van der Waals surface area contributed by atoms with E-state index in [1.807, 2.05) is 0 Å². The predicted molar refractivity (Wildman–Crippen MR) is 41.5 cm³/mol. The van der Waals surface area contributed by atoms with Gasteiger partial charge in [-0.15, -0.1) is 11.7 Å². The summed E-state index contributed by atoms with van der Waals surface area (Å²) in [5.41, 5.74) is 0. The first-order valence-electron chi connectivity index (χ1n) is 1.70. The lowest BCUT2D eigenvalue weighted by atomic mass is 11.8. The summed E-state index contributed by atoms with van der Waals surface area (Å²) in [7, 11) is -1.41. The van der Waals surface area contributed by atoms with Gasteiger partial charge in [-0.3, -0.25) is 0 Å². The molecule has 0 amide bonds. The molecule has 0 heterocycles. The van der Waals surface area contributed by atoms with Gasteiger partial charge >= 0.3 is 0 Å². The molecule has 0 saturated carbocycles. The topological polar surface area (TPSA) is 0 Å². The molecule has 0 unspecified atom stereocenters. The molecule has 0 aliphatic heterocycles. The van der Waals surface area contributed by atoms with Gasteiger partial charge in [-0.25, -0.2) is 7.78 Å². The number of hydrogen-bond acceptors (Lipinski definition) is 1. The Labute approximate surface area is 44.6 Å². The zero-order chi connectivity index (χ0) is 5.45. The summed E-state index contributed by atoms with van der Waals surface area (Å²) in [5.74, 6) is 3.88. The molecule has 40 valence electrons. The van der Waals surface area contributed by atoms with Crippen LogP contribution in [-0.2, 0) is 0 Å². The van der Waals surface area contributed by atoms with Gasteiger partial charge in [0.15, 0.2) is 0 Å². The third-order valence-electron chi connectivity index (χ3n) is 0. The third-order valence-corrected chi connectivity index (χ3v) is 0. The van der Waals surface area contributed by atoms with Crippen molar-refractivity contribution < 1.29 is 0 Å². The highest BCUT2D eigenvalue weighted by Gasteiger charge is 1.99. The predicted octanol–water partition coefficient (Wildman–Crippen LogP) is 1.49. The van der Waals surface area contributed by atoms with Gasteiger partial charge in [-0.2, -0.15) is 0 Å². The molecule has 0 aliphatic carbocycles. The van der Waals surface area contributed by atoms with Gasteiger partial charge in [-0.05, 0) is 18.8 Å². The Morgan fingerprint density at radius 1 is 1.33 bits per heavy atom. The van der Waals surface area contributed by atoms with E-state index in [0.29, 0.717) is 0 Å². The molecule has 0 saturated heterocycles. The first-order chi connectivity index (χ1) is 2.24. The Bertz CT molecular complexity index is 83.2. The summed E-state index contributed by atoms with van der Waals surface area (Å²) in [6, 6.07) is 0. The molecule has 2 heteroatoms. The number of rotatable bonds is 0. The molecule has 0 N–H and O–H groups in total. The lowest BCUT2D eigenvalue weighted by Crippen LogP contribution is -1.86. The minimum Gasteiger partial charge on any atom is -0.220 e. The molecule has 0 aromatic carbocycles. The van der Waals surface area contributed by atoms with E-state index < -0.39 is 7.78 Å². The molecule has 0 bridgehead atoms. The molecular formula is C4H12S2. The van der Waals surface area contributed by atoms with Crippen LogP contribution in [0.2, 0.25) is 0 Å². The van der Waals surface area contributed by atoms with Crippen LogP contribution < -0.4 is 0 Å². The van der Waals surface area contributed by atoms with Gasteiger partial charge < -0.3 is 0 Å². The maximum absolute atomic E-state index is 4.28. The van der Waals surface area contributed by atoms with E-state index in [4.69, 9.17) is 0 Å². The van der Waals surface area contributed by atoms with Crippen LogP contribution in [0.5, 0.6) is 0 Å². The highest BCUT2D eigenvalue weighted by molar-refractivity contribution is 8.94. The van der Waals surface area contributed by atoms with Crippen LogP contribution in [0.3, 0.4) is 0 Å². The number of thiol groups is 1. The van der Waals surface area contributed by atoms with E-state index in [2.05, 4.69) is 36.3 Å². The largest absolute Gasteiger partial charge is 0.220 e. The average Bonchev–Trinajstić information content (AvgIpc) is 0.650. The number of hydrogen-bond donors (Lipinski definition) is 1. The minimum absolute atomic E-state index is 1.41. The maximum atomic E-state index is 4.28. The highest BCUT2D eigenvalue weighted by Crippen LogP contribution is 2.49. The van der Waals surface area contributed by atoms with Crippen LogP contribution in [-0.4, -0.2) is 24.6 Å². The normalized spacial score (nSPS) is 19.0. The molecule has 0 aliphatic rings. The monoisotopic (exact) mass is 124 g/mol. The Kier molecular flexibility index (Phi) is 1.14. The second kappa shape index (κ2) is 1.04. The second-order valence-corrected chi connectivity index (χ2v) is 12.4. The quantitative estimate of drug-likeness (QED) is 0.282. The van der Waals surface area contributed by atoms with Crippen LogP contribution >= 0.6 is 19.4 Å². The van der Waals surface area contributed by atoms with E-state index in [1.165, 1.54) is 0 Å². The molecule has 0 nitrogen and oxygen atoms in total. The van der Waals surface area contributed by atoms with E-state index >= 15 is 0 Å². The van der Waals surface area contributed by atoms with Crippen LogP contribution in [0.1, 0.15) is 0 Å². The van der Waals surface area contributed by atoms with E-state index in [9.17, 15) is 0 Å². The van der Waals surface area contributed by atoms with Gasteiger partial charge in [-0.1, -0.05) is 5.87 Å². The molecule has 0 radical (unpaired) electrons. The van der Waals surface area contributed by atoms with Crippen molar-refractivity contribution in [1.82, 2.24) is 0 Å². The fraction of sp³-hybridized carbons (Fsp3) is 0.750. The van der Waals surface area contributed by atoms with E-state index in [1.54, 1.807) is 0 Å². The molecule has 0 aromatic rings. The summed E-state index contributed by atoms with van der Waals surface area (Å²) in [6.07, 6.45) is 6.21. The molecule has 0 fully saturated rings. The first kappa shape index (κ1) is 6.57. The minimum atomic E-state index is -1.41. The van der Waals surface area contributed by atoms with Crippen molar-refractivity contribution >= 4 is 25.3 Å². The molecular weight excluding hydrogens is 112 g/mol. The Balaban J connectivity index is 4.16. The average molecular weight is 124 g/mol. The molecule has 0 rings (SSSR count). The van der Waals surface area contributed by atoms with E-state index in [0.717, 1.165) is 0 Å². The Morgan fingerprint density at radius 3 is 1.33 bits per heavy atom. The van der Waals surface area contributed by atoms with Crippen molar-refractivity contribution in [3.8, 4) is 0 Å². The van der Waals surface area contributed by atoms with Crippen molar-refractivity contribution in [1.29, 1.82) is 0 Å². The molecule has 0 atom stereocenters. The van der Waals surface area contributed by atoms with Crippen molar-refractivity contribution in [2.75, 3.05) is 18.8 Å². The molecule has 0 spiro atoms. The van der Waals surface area contributed by atoms with Crippen molar-refractivity contribution in [3.05, 3.63) is 0 Å². The summed E-state index contributed by atoms with van der Waals surface area (Å²) in [4.78, 5) is 0.